The molecule has 0 nitrogen and oxygen atoms in total. The van der Waals surface area contributed by atoms with Crippen LogP contribution in [0.25, 0.3) is 10.1 Å². The van der Waals surface area contributed by atoms with Crippen LogP contribution in [0.5, 0.6) is 0 Å². The zero-order valence-corrected chi connectivity index (χ0v) is 8.92. The topological polar surface area (TPSA) is 0 Å². The van der Waals surface area contributed by atoms with Crippen LogP contribution in [-0.4, -0.2) is 0 Å². The number of rotatable bonds is 1. The van der Waals surface area contributed by atoms with Crippen LogP contribution in [-0.2, 0) is 0 Å². The minimum atomic E-state index is -2.46. The Bertz CT molecular complexity index is 476. The second kappa shape index (κ2) is 3.48. The van der Waals surface area contributed by atoms with E-state index in [0.717, 1.165) is 15.6 Å². The molecule has 0 aliphatic rings. The first kappa shape index (κ1) is 9.87. The van der Waals surface area contributed by atoms with Crippen LogP contribution in [0.3, 0.4) is 0 Å². The van der Waals surface area contributed by atoms with E-state index in [9.17, 15) is 8.78 Å². The molecule has 0 N–H and O–H groups in total. The van der Waals surface area contributed by atoms with Gasteiger partial charge in [-0.2, -0.15) is 0 Å². The van der Waals surface area contributed by atoms with E-state index < -0.39 is 6.43 Å². The smallest absolute Gasteiger partial charge is 0.205 e. The second-order valence-electron chi connectivity index (χ2n) is 3.10. The molecule has 14 heavy (non-hydrogen) atoms. The molecular weight excluding hydrogens is 226 g/mol. The summed E-state index contributed by atoms with van der Waals surface area (Å²) in [5.41, 5.74) is 1.03. The summed E-state index contributed by atoms with van der Waals surface area (Å²) in [5, 5.41) is 3.23. The van der Waals surface area contributed by atoms with Crippen molar-refractivity contribution in [3.63, 3.8) is 0 Å². The van der Waals surface area contributed by atoms with E-state index in [4.69, 9.17) is 11.6 Å². The molecule has 0 saturated carbocycles. The fourth-order valence-electron chi connectivity index (χ4n) is 1.41. The second-order valence-corrected chi connectivity index (χ2v) is 4.41. The normalized spacial score (nSPS) is 11.5. The molecule has 0 aliphatic carbocycles. The molecule has 1 aromatic carbocycles. The van der Waals surface area contributed by atoms with E-state index in [2.05, 4.69) is 0 Å². The van der Waals surface area contributed by atoms with Gasteiger partial charge in [-0.25, -0.2) is 8.78 Å². The Balaban J connectivity index is 2.74. The van der Waals surface area contributed by atoms with Crippen LogP contribution in [0.4, 0.5) is 8.78 Å². The van der Waals surface area contributed by atoms with Crippen LogP contribution in [0.2, 0.25) is 5.02 Å². The molecule has 74 valence electrons. The number of thiophene rings is 1. The summed E-state index contributed by atoms with van der Waals surface area (Å²) < 4.78 is 25.7. The summed E-state index contributed by atoms with van der Waals surface area (Å²) in [6.07, 6.45) is -2.46. The van der Waals surface area contributed by atoms with Crippen molar-refractivity contribution in [2.24, 2.45) is 0 Å². The molecular formula is C10H7ClF2S. The number of fused-ring (bicyclic) bond motifs is 1. The van der Waals surface area contributed by atoms with Gasteiger partial charge in [0.25, 0.3) is 6.43 Å². The Hall–Kier alpha value is -0.670. The van der Waals surface area contributed by atoms with Gasteiger partial charge >= 0.3 is 0 Å². The maximum atomic E-state index is 12.4. The summed E-state index contributed by atoms with van der Waals surface area (Å²) in [6, 6.07) is 2.85. The highest BCUT2D eigenvalue weighted by atomic mass is 35.5. The Morgan fingerprint density at radius 2 is 2.07 bits per heavy atom. The lowest BCUT2D eigenvalue weighted by Crippen LogP contribution is -1.83. The van der Waals surface area contributed by atoms with Gasteiger partial charge in [0.2, 0.25) is 0 Å². The predicted octanol–water partition coefficient (Wildman–Crippen LogP) is 4.80. The van der Waals surface area contributed by atoms with Crippen molar-refractivity contribution in [1.29, 1.82) is 0 Å². The van der Waals surface area contributed by atoms with Crippen molar-refractivity contribution >= 4 is 33.0 Å². The predicted molar refractivity (Wildman–Crippen MR) is 56.5 cm³/mol. The summed E-state index contributed by atoms with van der Waals surface area (Å²) in [6.45, 7) is 1.92. The van der Waals surface area contributed by atoms with E-state index in [1.165, 1.54) is 23.5 Å². The average molecular weight is 233 g/mol. The standard InChI is InChI=1S/C10H7ClF2S/c1-5-4-14-8-3-6(10(12)13)2-7(11)9(5)8/h2-4,10H,1H3. The lowest BCUT2D eigenvalue weighted by molar-refractivity contribution is 0.151. The number of alkyl halides is 2. The minimum absolute atomic E-state index is 0.00986. The molecule has 0 radical (unpaired) electrons. The number of hydrogen-bond acceptors (Lipinski definition) is 1. The van der Waals surface area contributed by atoms with Gasteiger partial charge in [0.1, 0.15) is 0 Å². The van der Waals surface area contributed by atoms with Gasteiger partial charge in [-0.05, 0) is 30.0 Å². The summed E-state index contributed by atoms with van der Waals surface area (Å²) in [5.74, 6) is 0. The van der Waals surface area contributed by atoms with Gasteiger partial charge in [0.15, 0.2) is 0 Å². The molecule has 0 bridgehead atoms. The van der Waals surface area contributed by atoms with Gasteiger partial charge in [-0.1, -0.05) is 11.6 Å². The maximum absolute atomic E-state index is 12.4. The SMILES string of the molecule is Cc1csc2cc(C(F)F)cc(Cl)c12. The van der Waals surface area contributed by atoms with Crippen LogP contribution in [0.1, 0.15) is 17.6 Å². The Morgan fingerprint density at radius 1 is 1.36 bits per heavy atom. The summed E-state index contributed by atoms with van der Waals surface area (Å²) >= 11 is 7.37. The molecule has 0 fully saturated rings. The quantitative estimate of drug-likeness (QED) is 0.663. The van der Waals surface area contributed by atoms with E-state index in [1.807, 2.05) is 12.3 Å². The van der Waals surface area contributed by atoms with E-state index >= 15 is 0 Å². The first-order valence-electron chi connectivity index (χ1n) is 4.05. The third-order valence-corrected chi connectivity index (χ3v) is 3.43. The molecule has 0 unspecified atom stereocenters. The number of benzene rings is 1. The fraction of sp³-hybridized carbons (Fsp3) is 0.200. The Kier molecular flexibility index (Phi) is 2.45. The van der Waals surface area contributed by atoms with Crippen molar-refractivity contribution in [2.75, 3.05) is 0 Å². The highest BCUT2D eigenvalue weighted by Gasteiger charge is 2.12. The van der Waals surface area contributed by atoms with Gasteiger partial charge < -0.3 is 0 Å². The zero-order chi connectivity index (χ0) is 10.3. The van der Waals surface area contributed by atoms with E-state index in [1.54, 1.807) is 0 Å². The summed E-state index contributed by atoms with van der Waals surface area (Å²) in [7, 11) is 0. The lowest BCUT2D eigenvalue weighted by atomic mass is 10.1. The number of aryl methyl sites for hydroxylation is 1. The molecule has 0 aliphatic heterocycles. The zero-order valence-electron chi connectivity index (χ0n) is 7.35. The lowest BCUT2D eigenvalue weighted by Gasteiger charge is -2.02. The van der Waals surface area contributed by atoms with E-state index in [0.29, 0.717) is 5.02 Å². The van der Waals surface area contributed by atoms with Gasteiger partial charge in [-0.3, -0.25) is 0 Å². The van der Waals surface area contributed by atoms with Gasteiger partial charge in [0, 0.05) is 20.7 Å². The molecule has 0 amide bonds. The molecule has 1 aromatic heterocycles. The summed E-state index contributed by atoms with van der Waals surface area (Å²) in [4.78, 5) is 0. The van der Waals surface area contributed by atoms with Crippen LogP contribution in [0, 0.1) is 6.92 Å². The first-order chi connectivity index (χ1) is 6.59. The number of hydrogen-bond donors (Lipinski definition) is 0. The molecule has 2 aromatic rings. The highest BCUT2D eigenvalue weighted by Crippen LogP contribution is 2.35. The molecule has 1 heterocycles. The van der Waals surface area contributed by atoms with Gasteiger partial charge in [0.05, 0.1) is 0 Å². The van der Waals surface area contributed by atoms with Crippen LogP contribution >= 0.6 is 22.9 Å². The first-order valence-corrected chi connectivity index (χ1v) is 5.30. The van der Waals surface area contributed by atoms with Crippen LogP contribution < -0.4 is 0 Å². The maximum Gasteiger partial charge on any atom is 0.263 e. The fourth-order valence-corrected chi connectivity index (χ4v) is 2.86. The van der Waals surface area contributed by atoms with Crippen molar-refractivity contribution in [3.05, 3.63) is 33.7 Å². The van der Waals surface area contributed by atoms with Crippen molar-refractivity contribution in [3.8, 4) is 0 Å². The van der Waals surface area contributed by atoms with Crippen molar-refractivity contribution in [2.45, 2.75) is 13.3 Å². The molecule has 0 saturated heterocycles. The third kappa shape index (κ3) is 1.51. The Morgan fingerprint density at radius 3 is 2.71 bits per heavy atom. The minimum Gasteiger partial charge on any atom is -0.205 e. The van der Waals surface area contributed by atoms with Crippen LogP contribution in [0.15, 0.2) is 17.5 Å². The monoisotopic (exact) mass is 232 g/mol. The van der Waals surface area contributed by atoms with Crippen molar-refractivity contribution < 1.29 is 8.78 Å². The van der Waals surface area contributed by atoms with Crippen molar-refractivity contribution in [1.82, 2.24) is 0 Å². The Labute approximate surface area is 89.1 Å². The molecule has 0 atom stereocenters. The average Bonchev–Trinajstić information content (AvgIpc) is 2.48. The third-order valence-electron chi connectivity index (χ3n) is 2.09. The molecule has 0 spiro atoms. The molecule has 2 rings (SSSR count). The van der Waals surface area contributed by atoms with Gasteiger partial charge in [-0.15, -0.1) is 11.3 Å². The highest BCUT2D eigenvalue weighted by molar-refractivity contribution is 7.17. The largest absolute Gasteiger partial charge is 0.263 e. The number of halogens is 3. The molecule has 4 heteroatoms. The van der Waals surface area contributed by atoms with E-state index in [-0.39, 0.29) is 5.56 Å².